The van der Waals surface area contributed by atoms with E-state index in [0.29, 0.717) is 11.5 Å². The number of fused-ring (bicyclic) bond motifs is 4. The molecule has 4 nitrogen and oxygen atoms in total. The van der Waals surface area contributed by atoms with Gasteiger partial charge in [0.2, 0.25) is 0 Å². The van der Waals surface area contributed by atoms with Gasteiger partial charge in [0.15, 0.2) is 0 Å². The number of methoxy groups -OCH3 is 1. The molecular formula is C21H30O4. The Labute approximate surface area is 150 Å². The molecule has 0 aromatic carbocycles. The van der Waals surface area contributed by atoms with E-state index >= 15 is 0 Å². The number of carbonyl (C=O) groups excluding carboxylic acids is 1. The predicted molar refractivity (Wildman–Crippen MR) is 94.6 cm³/mol. The van der Waals surface area contributed by atoms with Crippen molar-refractivity contribution < 1.29 is 19.4 Å². The Morgan fingerprint density at radius 1 is 1.28 bits per heavy atom. The molecule has 25 heavy (non-hydrogen) atoms. The molecule has 0 spiro atoms. The number of hydrogen-bond donors (Lipinski definition) is 1. The maximum absolute atomic E-state index is 12.2. The minimum atomic E-state index is -1.33. The van der Waals surface area contributed by atoms with Gasteiger partial charge in [-0.1, -0.05) is 38.8 Å². The minimum absolute atomic E-state index is 0.00517. The van der Waals surface area contributed by atoms with Crippen molar-refractivity contribution in [2.24, 2.45) is 22.7 Å². The van der Waals surface area contributed by atoms with Gasteiger partial charge < -0.3 is 14.6 Å². The number of esters is 1. The Hall–Kier alpha value is -1.13. The van der Waals surface area contributed by atoms with Gasteiger partial charge in [0, 0.05) is 24.2 Å². The molecule has 2 saturated carbocycles. The highest BCUT2D eigenvalue weighted by atomic mass is 16.7. The van der Waals surface area contributed by atoms with Gasteiger partial charge in [-0.05, 0) is 49.4 Å². The minimum Gasteiger partial charge on any atom is -0.422 e. The summed E-state index contributed by atoms with van der Waals surface area (Å²) in [5.74, 6) is -1.17. The molecule has 1 aliphatic heterocycles. The molecular weight excluding hydrogens is 316 g/mol. The van der Waals surface area contributed by atoms with E-state index in [1.165, 1.54) is 25.5 Å². The van der Waals surface area contributed by atoms with E-state index in [1.54, 1.807) is 6.92 Å². The maximum atomic E-state index is 12.2. The predicted octanol–water partition coefficient (Wildman–Crippen LogP) is 3.75. The lowest BCUT2D eigenvalue weighted by atomic mass is 9.45. The van der Waals surface area contributed by atoms with Crippen molar-refractivity contribution in [2.75, 3.05) is 7.11 Å². The SMILES string of the molecule is CO[C@@]12OC(=O)C(C)=C1C=C1CC[C@@H]3C(C)(C)CCC[C@@]3(C)[C@@H]1[C@H]2O. The first-order valence-corrected chi connectivity index (χ1v) is 9.56. The molecule has 4 aliphatic rings. The number of ether oxygens (including phenoxy) is 2. The fourth-order valence-electron chi connectivity index (χ4n) is 6.62. The Balaban J connectivity index is 1.86. The van der Waals surface area contributed by atoms with Crippen molar-refractivity contribution >= 4 is 5.97 Å². The monoisotopic (exact) mass is 346 g/mol. The maximum Gasteiger partial charge on any atom is 0.337 e. The van der Waals surface area contributed by atoms with Crippen LogP contribution in [0.2, 0.25) is 0 Å². The number of aliphatic hydroxyl groups excluding tert-OH is 1. The average Bonchev–Trinajstić information content (AvgIpc) is 2.79. The van der Waals surface area contributed by atoms with E-state index in [1.807, 2.05) is 0 Å². The molecule has 2 fully saturated rings. The molecule has 0 bridgehead atoms. The van der Waals surface area contributed by atoms with Crippen LogP contribution in [0.4, 0.5) is 0 Å². The van der Waals surface area contributed by atoms with Crippen LogP contribution in [0.1, 0.15) is 59.8 Å². The normalized spacial score (nSPS) is 45.3. The molecule has 4 heteroatoms. The van der Waals surface area contributed by atoms with Gasteiger partial charge in [-0.2, -0.15) is 0 Å². The van der Waals surface area contributed by atoms with E-state index in [2.05, 4.69) is 26.8 Å². The van der Waals surface area contributed by atoms with Crippen LogP contribution in [0.5, 0.6) is 0 Å². The van der Waals surface area contributed by atoms with Crippen LogP contribution in [0.3, 0.4) is 0 Å². The summed E-state index contributed by atoms with van der Waals surface area (Å²) in [4.78, 5) is 12.2. The molecule has 1 heterocycles. The van der Waals surface area contributed by atoms with Gasteiger partial charge in [0.1, 0.15) is 6.10 Å². The fraction of sp³-hybridized carbons (Fsp3) is 0.762. The number of aliphatic hydroxyl groups is 1. The van der Waals surface area contributed by atoms with Crippen LogP contribution in [-0.4, -0.2) is 30.1 Å². The highest BCUT2D eigenvalue weighted by Crippen LogP contribution is 2.64. The van der Waals surface area contributed by atoms with Crippen LogP contribution in [0, 0.1) is 22.7 Å². The van der Waals surface area contributed by atoms with E-state index in [0.717, 1.165) is 24.8 Å². The Bertz CT molecular complexity index is 688. The lowest BCUT2D eigenvalue weighted by molar-refractivity contribution is -0.253. The molecule has 0 radical (unpaired) electrons. The topological polar surface area (TPSA) is 55.8 Å². The summed E-state index contributed by atoms with van der Waals surface area (Å²) in [6.45, 7) is 8.84. The second-order valence-corrected chi connectivity index (χ2v) is 9.38. The summed E-state index contributed by atoms with van der Waals surface area (Å²) >= 11 is 0. The summed E-state index contributed by atoms with van der Waals surface area (Å²) < 4.78 is 11.3. The Morgan fingerprint density at radius 2 is 2.00 bits per heavy atom. The van der Waals surface area contributed by atoms with Crippen molar-refractivity contribution in [3.63, 3.8) is 0 Å². The van der Waals surface area contributed by atoms with Gasteiger partial charge in [-0.15, -0.1) is 0 Å². The Kier molecular flexibility index (Phi) is 3.60. The summed E-state index contributed by atoms with van der Waals surface area (Å²) in [7, 11) is 1.53. The molecule has 4 rings (SSSR count). The van der Waals surface area contributed by atoms with Crippen LogP contribution in [0.25, 0.3) is 0 Å². The number of carbonyl (C=O) groups is 1. The van der Waals surface area contributed by atoms with Crippen molar-refractivity contribution in [1.29, 1.82) is 0 Å². The first-order chi connectivity index (χ1) is 11.7. The molecule has 0 aromatic heterocycles. The fourth-order valence-corrected chi connectivity index (χ4v) is 6.62. The van der Waals surface area contributed by atoms with Gasteiger partial charge in [-0.3, -0.25) is 0 Å². The second-order valence-electron chi connectivity index (χ2n) is 9.38. The molecule has 3 aliphatic carbocycles. The third-order valence-electron chi connectivity index (χ3n) is 7.78. The van der Waals surface area contributed by atoms with E-state index in [-0.39, 0.29) is 22.7 Å². The van der Waals surface area contributed by atoms with Gasteiger partial charge in [-0.25, -0.2) is 4.79 Å². The summed E-state index contributed by atoms with van der Waals surface area (Å²) in [6.07, 6.45) is 6.91. The molecule has 1 N–H and O–H groups in total. The van der Waals surface area contributed by atoms with E-state index in [9.17, 15) is 9.90 Å². The Morgan fingerprint density at radius 3 is 2.68 bits per heavy atom. The lowest BCUT2D eigenvalue weighted by Crippen LogP contribution is -2.61. The number of hydrogen-bond acceptors (Lipinski definition) is 4. The summed E-state index contributed by atoms with van der Waals surface area (Å²) in [5, 5.41) is 11.5. The third-order valence-corrected chi connectivity index (χ3v) is 7.78. The van der Waals surface area contributed by atoms with Crippen molar-refractivity contribution in [3.8, 4) is 0 Å². The average molecular weight is 346 g/mol. The highest BCUT2D eigenvalue weighted by Gasteiger charge is 2.64. The van der Waals surface area contributed by atoms with Crippen molar-refractivity contribution in [3.05, 3.63) is 22.8 Å². The van der Waals surface area contributed by atoms with Crippen LogP contribution in [0.15, 0.2) is 22.8 Å². The largest absolute Gasteiger partial charge is 0.422 e. The number of rotatable bonds is 1. The van der Waals surface area contributed by atoms with Gasteiger partial charge in [0.05, 0.1) is 0 Å². The first-order valence-electron chi connectivity index (χ1n) is 9.56. The molecule has 0 saturated heterocycles. The molecule has 5 atom stereocenters. The molecule has 0 unspecified atom stereocenters. The van der Waals surface area contributed by atoms with Crippen molar-refractivity contribution in [2.45, 2.75) is 71.7 Å². The zero-order valence-corrected chi connectivity index (χ0v) is 16.0. The van der Waals surface area contributed by atoms with Crippen LogP contribution in [-0.2, 0) is 14.3 Å². The van der Waals surface area contributed by atoms with E-state index in [4.69, 9.17) is 9.47 Å². The van der Waals surface area contributed by atoms with Crippen LogP contribution < -0.4 is 0 Å². The summed E-state index contributed by atoms with van der Waals surface area (Å²) in [6, 6.07) is 0. The zero-order chi connectivity index (χ0) is 18.2. The quantitative estimate of drug-likeness (QED) is 0.735. The zero-order valence-electron chi connectivity index (χ0n) is 16.0. The van der Waals surface area contributed by atoms with Crippen molar-refractivity contribution in [1.82, 2.24) is 0 Å². The van der Waals surface area contributed by atoms with Gasteiger partial charge >= 0.3 is 5.97 Å². The standard InChI is InChI=1S/C21H30O4/c1-12-14-11-13-7-8-15-19(2,3)9-6-10-20(15,4)16(13)17(22)21(14,24-5)25-18(12)23/h11,15-17,22H,6-10H2,1-5H3/t15-,16+,17-,20-,21-/m1/s1. The van der Waals surface area contributed by atoms with Gasteiger partial charge in [0.25, 0.3) is 5.79 Å². The lowest BCUT2D eigenvalue weighted by Gasteiger charge is -2.61. The summed E-state index contributed by atoms with van der Waals surface area (Å²) in [5.41, 5.74) is 2.82. The van der Waals surface area contributed by atoms with Crippen LogP contribution >= 0.6 is 0 Å². The smallest absolute Gasteiger partial charge is 0.337 e. The molecule has 138 valence electrons. The second kappa shape index (κ2) is 5.20. The molecule has 0 aromatic rings. The first kappa shape index (κ1) is 17.3. The molecule has 0 amide bonds. The van der Waals surface area contributed by atoms with E-state index < -0.39 is 11.9 Å². The third kappa shape index (κ3) is 2.04. The highest BCUT2D eigenvalue weighted by molar-refractivity contribution is 5.93.